The summed E-state index contributed by atoms with van der Waals surface area (Å²) >= 11 is 0. The number of carbonyl (C=O) groups excluding carboxylic acids is 1. The van der Waals surface area contributed by atoms with Gasteiger partial charge in [0.2, 0.25) is 0 Å². The van der Waals surface area contributed by atoms with Crippen molar-refractivity contribution in [3.63, 3.8) is 0 Å². The van der Waals surface area contributed by atoms with E-state index in [1.165, 1.54) is 7.11 Å². The minimum atomic E-state index is -0.463. The van der Waals surface area contributed by atoms with Crippen LogP contribution in [0.15, 0.2) is 0 Å². The lowest BCUT2D eigenvalue weighted by Gasteiger charge is -2.34. The monoisotopic (exact) mass is 255 g/mol. The Bertz CT molecular complexity index is 289. The van der Waals surface area contributed by atoms with Crippen molar-refractivity contribution in [3.8, 4) is 0 Å². The molecule has 2 fully saturated rings. The minimum absolute atomic E-state index is 0.0927. The molecule has 104 valence electrons. The Morgan fingerprint density at radius 1 is 1.44 bits per heavy atom. The lowest BCUT2D eigenvalue weighted by atomic mass is 9.84. The molecule has 1 saturated carbocycles. The Labute approximate surface area is 109 Å². The first kappa shape index (κ1) is 13.8. The average molecular weight is 255 g/mol. The molecule has 0 aromatic rings. The highest BCUT2D eigenvalue weighted by molar-refractivity contribution is 5.81. The van der Waals surface area contributed by atoms with Crippen molar-refractivity contribution in [2.75, 3.05) is 20.3 Å². The van der Waals surface area contributed by atoms with Crippen molar-refractivity contribution in [1.82, 2.24) is 5.32 Å². The summed E-state index contributed by atoms with van der Waals surface area (Å²) in [5, 5.41) is 3.49. The van der Waals surface area contributed by atoms with Crippen molar-refractivity contribution in [2.45, 2.75) is 57.1 Å². The molecular formula is C14H25NO3. The number of ether oxygens (including phenoxy) is 2. The van der Waals surface area contributed by atoms with E-state index in [1.807, 2.05) is 0 Å². The van der Waals surface area contributed by atoms with Gasteiger partial charge in [0.15, 0.2) is 0 Å². The second-order valence-electron chi connectivity index (χ2n) is 5.48. The van der Waals surface area contributed by atoms with Crippen LogP contribution in [-0.4, -0.2) is 37.9 Å². The summed E-state index contributed by atoms with van der Waals surface area (Å²) in [7, 11) is 1.49. The van der Waals surface area contributed by atoms with E-state index < -0.39 is 5.54 Å². The standard InChI is InChI=1S/C14H25NO3/c1-3-11-6-4-8-14(11,13(16)17-2)15-10-12-7-5-9-18-12/h11-12,15H,3-10H2,1-2H3. The Hall–Kier alpha value is -0.610. The molecule has 3 unspecified atom stereocenters. The first-order valence-electron chi connectivity index (χ1n) is 7.18. The summed E-state index contributed by atoms with van der Waals surface area (Å²) in [6.45, 7) is 3.78. The lowest BCUT2D eigenvalue weighted by Crippen LogP contribution is -2.57. The zero-order chi connectivity index (χ0) is 13.0. The van der Waals surface area contributed by atoms with Gasteiger partial charge in [-0.2, -0.15) is 0 Å². The van der Waals surface area contributed by atoms with E-state index in [2.05, 4.69) is 12.2 Å². The molecular weight excluding hydrogens is 230 g/mol. The van der Waals surface area contributed by atoms with Crippen molar-refractivity contribution in [2.24, 2.45) is 5.92 Å². The van der Waals surface area contributed by atoms with Crippen molar-refractivity contribution in [3.05, 3.63) is 0 Å². The zero-order valence-electron chi connectivity index (χ0n) is 11.5. The van der Waals surface area contributed by atoms with E-state index in [0.717, 1.165) is 51.7 Å². The van der Waals surface area contributed by atoms with Crippen LogP contribution in [0.5, 0.6) is 0 Å². The predicted molar refractivity (Wildman–Crippen MR) is 69.4 cm³/mol. The van der Waals surface area contributed by atoms with E-state index in [0.29, 0.717) is 5.92 Å². The average Bonchev–Trinajstić information content (AvgIpc) is 3.04. The van der Waals surface area contributed by atoms with Gasteiger partial charge in [-0.15, -0.1) is 0 Å². The fourth-order valence-corrected chi connectivity index (χ4v) is 3.49. The van der Waals surface area contributed by atoms with Gasteiger partial charge in [0.25, 0.3) is 0 Å². The van der Waals surface area contributed by atoms with Gasteiger partial charge >= 0.3 is 5.97 Å². The van der Waals surface area contributed by atoms with Crippen LogP contribution in [0.1, 0.15) is 45.4 Å². The summed E-state index contributed by atoms with van der Waals surface area (Å²) in [5.74, 6) is 0.302. The zero-order valence-corrected chi connectivity index (χ0v) is 11.5. The number of esters is 1. The molecule has 0 spiro atoms. The first-order valence-corrected chi connectivity index (χ1v) is 7.18. The number of carbonyl (C=O) groups is 1. The smallest absolute Gasteiger partial charge is 0.326 e. The second-order valence-corrected chi connectivity index (χ2v) is 5.48. The van der Waals surface area contributed by atoms with E-state index >= 15 is 0 Å². The highest BCUT2D eigenvalue weighted by Gasteiger charge is 2.49. The van der Waals surface area contributed by atoms with Crippen molar-refractivity contribution >= 4 is 5.97 Å². The van der Waals surface area contributed by atoms with Crippen molar-refractivity contribution in [1.29, 1.82) is 0 Å². The van der Waals surface area contributed by atoms with Crippen molar-refractivity contribution < 1.29 is 14.3 Å². The summed E-state index contributed by atoms with van der Waals surface area (Å²) in [6.07, 6.45) is 6.63. The van der Waals surface area contributed by atoms with Gasteiger partial charge in [-0.05, 0) is 31.6 Å². The molecule has 1 N–H and O–H groups in total. The largest absolute Gasteiger partial charge is 0.468 e. The van der Waals surface area contributed by atoms with E-state index in [4.69, 9.17) is 9.47 Å². The third-order valence-corrected chi connectivity index (χ3v) is 4.53. The topological polar surface area (TPSA) is 47.6 Å². The summed E-state index contributed by atoms with van der Waals surface area (Å²) in [5.41, 5.74) is -0.463. The Morgan fingerprint density at radius 3 is 2.89 bits per heavy atom. The molecule has 4 nitrogen and oxygen atoms in total. The Kier molecular flexibility index (Phi) is 4.62. The molecule has 1 aliphatic heterocycles. The van der Waals surface area contributed by atoms with Crippen LogP contribution in [0, 0.1) is 5.92 Å². The van der Waals surface area contributed by atoms with Gasteiger partial charge in [0.05, 0.1) is 13.2 Å². The number of methoxy groups -OCH3 is 1. The molecule has 0 aromatic heterocycles. The van der Waals surface area contributed by atoms with Gasteiger partial charge in [-0.25, -0.2) is 0 Å². The highest BCUT2D eigenvalue weighted by Crippen LogP contribution is 2.39. The Morgan fingerprint density at radius 2 is 2.28 bits per heavy atom. The predicted octanol–water partition coefficient (Wildman–Crippen LogP) is 1.88. The molecule has 1 saturated heterocycles. The van der Waals surface area contributed by atoms with Crippen LogP contribution in [0.2, 0.25) is 0 Å². The molecule has 18 heavy (non-hydrogen) atoms. The molecule has 1 aliphatic carbocycles. The molecule has 1 heterocycles. The summed E-state index contributed by atoms with van der Waals surface area (Å²) in [6, 6.07) is 0. The van der Waals surface area contributed by atoms with Gasteiger partial charge < -0.3 is 9.47 Å². The number of nitrogens with one attached hydrogen (secondary N) is 1. The van der Waals surface area contributed by atoms with Crippen LogP contribution in [0.25, 0.3) is 0 Å². The fourth-order valence-electron chi connectivity index (χ4n) is 3.49. The molecule has 2 rings (SSSR count). The van der Waals surface area contributed by atoms with Gasteiger partial charge in [0.1, 0.15) is 5.54 Å². The number of rotatable bonds is 5. The maximum Gasteiger partial charge on any atom is 0.326 e. The quantitative estimate of drug-likeness (QED) is 0.762. The number of hydrogen-bond donors (Lipinski definition) is 1. The van der Waals surface area contributed by atoms with Gasteiger partial charge in [-0.3, -0.25) is 10.1 Å². The van der Waals surface area contributed by atoms with E-state index in [1.54, 1.807) is 0 Å². The van der Waals surface area contributed by atoms with Crippen LogP contribution < -0.4 is 5.32 Å². The third-order valence-electron chi connectivity index (χ3n) is 4.53. The molecule has 0 amide bonds. The molecule has 4 heteroatoms. The SMILES string of the molecule is CCC1CCCC1(NCC1CCCO1)C(=O)OC. The molecule has 2 aliphatic rings. The normalized spacial score (nSPS) is 35.9. The summed E-state index contributed by atoms with van der Waals surface area (Å²) in [4.78, 5) is 12.2. The molecule has 0 aromatic carbocycles. The molecule has 3 atom stereocenters. The molecule has 0 radical (unpaired) electrons. The lowest BCUT2D eigenvalue weighted by molar-refractivity contribution is -0.150. The van der Waals surface area contributed by atoms with E-state index in [9.17, 15) is 4.79 Å². The second kappa shape index (κ2) is 6.02. The van der Waals surface area contributed by atoms with Crippen LogP contribution in [0.3, 0.4) is 0 Å². The third kappa shape index (κ3) is 2.54. The van der Waals surface area contributed by atoms with Crippen LogP contribution in [0.4, 0.5) is 0 Å². The highest BCUT2D eigenvalue weighted by atomic mass is 16.5. The fraction of sp³-hybridized carbons (Fsp3) is 0.929. The number of hydrogen-bond acceptors (Lipinski definition) is 4. The maximum absolute atomic E-state index is 12.2. The van der Waals surface area contributed by atoms with Crippen LogP contribution >= 0.6 is 0 Å². The maximum atomic E-state index is 12.2. The Balaban J connectivity index is 2.02. The minimum Gasteiger partial charge on any atom is -0.468 e. The summed E-state index contributed by atoms with van der Waals surface area (Å²) < 4.78 is 10.7. The van der Waals surface area contributed by atoms with Gasteiger partial charge in [0, 0.05) is 13.2 Å². The van der Waals surface area contributed by atoms with Gasteiger partial charge in [-0.1, -0.05) is 19.8 Å². The van der Waals surface area contributed by atoms with Crippen LogP contribution in [-0.2, 0) is 14.3 Å². The van der Waals surface area contributed by atoms with E-state index in [-0.39, 0.29) is 12.1 Å². The molecule has 0 bridgehead atoms. The first-order chi connectivity index (χ1) is 8.73.